The first-order chi connectivity index (χ1) is 8.31. The molecule has 1 aromatic rings. The van der Waals surface area contributed by atoms with Gasteiger partial charge in [-0.15, -0.1) is 10.2 Å². The summed E-state index contributed by atoms with van der Waals surface area (Å²) in [5.74, 6) is 1.28. The molecule has 0 amide bonds. The molecule has 1 heterocycles. The summed E-state index contributed by atoms with van der Waals surface area (Å²) in [6.45, 7) is 2.44. The normalized spacial score (nSPS) is 25.1. The molecule has 0 aliphatic heterocycles. The van der Waals surface area contributed by atoms with E-state index in [2.05, 4.69) is 15.5 Å². The predicted octanol–water partition coefficient (Wildman–Crippen LogP) is 1.68. The molecular weight excluding hydrogens is 218 g/mol. The smallest absolute Gasteiger partial charge is 0.242 e. The number of hydrogen-bond donors (Lipinski definition) is 1. The van der Waals surface area contributed by atoms with Gasteiger partial charge in [-0.3, -0.25) is 0 Å². The van der Waals surface area contributed by atoms with Crippen LogP contribution >= 0.6 is 0 Å². The third kappa shape index (κ3) is 3.51. The number of rotatable bonds is 5. The SMILES string of the molecule is CCc1nnc(COC2CCC(NC)CC2)o1. The summed E-state index contributed by atoms with van der Waals surface area (Å²) in [6, 6.07) is 0.657. The lowest BCUT2D eigenvalue weighted by Gasteiger charge is -2.27. The summed E-state index contributed by atoms with van der Waals surface area (Å²) < 4.78 is 11.2. The Morgan fingerprint density at radius 2 is 1.94 bits per heavy atom. The zero-order valence-electron chi connectivity index (χ0n) is 10.6. The number of nitrogens with one attached hydrogen (secondary N) is 1. The summed E-state index contributed by atoms with van der Waals surface area (Å²) in [4.78, 5) is 0. The summed E-state index contributed by atoms with van der Waals surface area (Å²) in [5.41, 5.74) is 0. The van der Waals surface area contributed by atoms with Gasteiger partial charge in [0, 0.05) is 12.5 Å². The van der Waals surface area contributed by atoms with Gasteiger partial charge in [0.05, 0.1) is 6.10 Å². The Hall–Kier alpha value is -0.940. The van der Waals surface area contributed by atoms with Crippen molar-refractivity contribution in [3.8, 4) is 0 Å². The van der Waals surface area contributed by atoms with E-state index in [9.17, 15) is 0 Å². The minimum Gasteiger partial charge on any atom is -0.423 e. The molecule has 0 saturated heterocycles. The Bertz CT molecular complexity index is 332. The van der Waals surface area contributed by atoms with E-state index in [-0.39, 0.29) is 0 Å². The van der Waals surface area contributed by atoms with Crippen LogP contribution in [-0.4, -0.2) is 29.4 Å². The highest BCUT2D eigenvalue weighted by Crippen LogP contribution is 2.21. The van der Waals surface area contributed by atoms with E-state index in [0.717, 1.165) is 19.3 Å². The van der Waals surface area contributed by atoms with Gasteiger partial charge in [0.2, 0.25) is 11.8 Å². The molecule has 1 N–H and O–H groups in total. The highest BCUT2D eigenvalue weighted by atomic mass is 16.5. The van der Waals surface area contributed by atoms with Crippen LogP contribution in [0.2, 0.25) is 0 Å². The second-order valence-electron chi connectivity index (χ2n) is 4.52. The van der Waals surface area contributed by atoms with Crippen LogP contribution in [0.4, 0.5) is 0 Å². The average Bonchev–Trinajstić information content (AvgIpc) is 2.85. The molecule has 17 heavy (non-hydrogen) atoms. The maximum absolute atomic E-state index is 5.80. The van der Waals surface area contributed by atoms with Crippen LogP contribution < -0.4 is 5.32 Å². The van der Waals surface area contributed by atoms with Gasteiger partial charge in [0.25, 0.3) is 0 Å². The van der Waals surface area contributed by atoms with Crippen molar-refractivity contribution in [3.63, 3.8) is 0 Å². The lowest BCUT2D eigenvalue weighted by Crippen LogP contribution is -2.32. The minimum atomic E-state index is 0.344. The zero-order valence-corrected chi connectivity index (χ0v) is 10.6. The van der Waals surface area contributed by atoms with Crippen molar-refractivity contribution < 1.29 is 9.15 Å². The monoisotopic (exact) mass is 239 g/mol. The minimum absolute atomic E-state index is 0.344. The standard InChI is InChI=1S/C12H21N3O2/c1-3-11-14-15-12(17-11)8-16-10-6-4-9(13-2)5-7-10/h9-10,13H,3-8H2,1-2H3. The van der Waals surface area contributed by atoms with Gasteiger partial charge < -0.3 is 14.5 Å². The first-order valence-electron chi connectivity index (χ1n) is 6.42. The van der Waals surface area contributed by atoms with Gasteiger partial charge in [-0.2, -0.15) is 0 Å². The summed E-state index contributed by atoms with van der Waals surface area (Å²) in [7, 11) is 2.02. The second-order valence-corrected chi connectivity index (χ2v) is 4.52. The fourth-order valence-electron chi connectivity index (χ4n) is 2.20. The van der Waals surface area contributed by atoms with Gasteiger partial charge in [0.1, 0.15) is 6.61 Å². The van der Waals surface area contributed by atoms with E-state index >= 15 is 0 Å². The molecule has 0 atom stereocenters. The Labute approximate surface area is 102 Å². The van der Waals surface area contributed by atoms with E-state index in [0.29, 0.717) is 30.5 Å². The Morgan fingerprint density at radius 1 is 1.24 bits per heavy atom. The van der Waals surface area contributed by atoms with Crippen LogP contribution in [-0.2, 0) is 17.8 Å². The van der Waals surface area contributed by atoms with Crippen LogP contribution in [0.15, 0.2) is 4.42 Å². The summed E-state index contributed by atoms with van der Waals surface area (Å²) in [6.07, 6.45) is 5.72. The van der Waals surface area contributed by atoms with Crippen molar-refractivity contribution in [2.75, 3.05) is 7.05 Å². The largest absolute Gasteiger partial charge is 0.423 e. The molecule has 1 saturated carbocycles. The Balaban J connectivity index is 1.72. The van der Waals surface area contributed by atoms with Gasteiger partial charge in [0.15, 0.2) is 0 Å². The van der Waals surface area contributed by atoms with E-state index in [1.54, 1.807) is 0 Å². The van der Waals surface area contributed by atoms with E-state index in [1.807, 2.05) is 14.0 Å². The van der Waals surface area contributed by atoms with E-state index in [1.165, 1.54) is 12.8 Å². The summed E-state index contributed by atoms with van der Waals surface area (Å²) >= 11 is 0. The van der Waals surface area contributed by atoms with E-state index in [4.69, 9.17) is 9.15 Å². The molecule has 0 unspecified atom stereocenters. The number of aryl methyl sites for hydroxylation is 1. The van der Waals surface area contributed by atoms with Crippen molar-refractivity contribution in [3.05, 3.63) is 11.8 Å². The number of hydrogen-bond acceptors (Lipinski definition) is 5. The third-order valence-electron chi connectivity index (χ3n) is 3.34. The molecule has 1 aliphatic rings. The molecule has 0 bridgehead atoms. The first-order valence-corrected chi connectivity index (χ1v) is 6.42. The number of aromatic nitrogens is 2. The molecule has 0 aromatic carbocycles. The first kappa shape index (κ1) is 12.5. The molecule has 96 valence electrons. The number of nitrogens with zero attached hydrogens (tertiary/aromatic N) is 2. The lowest BCUT2D eigenvalue weighted by atomic mass is 9.93. The van der Waals surface area contributed by atoms with Crippen molar-refractivity contribution in [1.82, 2.24) is 15.5 Å². The van der Waals surface area contributed by atoms with Gasteiger partial charge in [-0.25, -0.2) is 0 Å². The predicted molar refractivity (Wildman–Crippen MR) is 63.6 cm³/mol. The molecular formula is C12H21N3O2. The Morgan fingerprint density at radius 3 is 2.53 bits per heavy atom. The van der Waals surface area contributed by atoms with Gasteiger partial charge >= 0.3 is 0 Å². The maximum atomic E-state index is 5.80. The summed E-state index contributed by atoms with van der Waals surface area (Å²) in [5, 5.41) is 11.2. The van der Waals surface area contributed by atoms with Gasteiger partial charge in [-0.05, 0) is 32.7 Å². The van der Waals surface area contributed by atoms with Gasteiger partial charge in [-0.1, -0.05) is 6.92 Å². The zero-order chi connectivity index (χ0) is 12.1. The third-order valence-corrected chi connectivity index (χ3v) is 3.34. The fourth-order valence-corrected chi connectivity index (χ4v) is 2.20. The molecule has 0 radical (unpaired) electrons. The molecule has 5 nitrogen and oxygen atoms in total. The average molecular weight is 239 g/mol. The topological polar surface area (TPSA) is 60.2 Å². The van der Waals surface area contributed by atoms with Crippen molar-refractivity contribution in [1.29, 1.82) is 0 Å². The molecule has 1 aromatic heterocycles. The lowest BCUT2D eigenvalue weighted by molar-refractivity contribution is 0.00177. The van der Waals surface area contributed by atoms with Crippen LogP contribution in [0.1, 0.15) is 44.4 Å². The van der Waals surface area contributed by atoms with Crippen molar-refractivity contribution in [2.24, 2.45) is 0 Å². The number of ether oxygens (including phenoxy) is 1. The molecule has 2 rings (SSSR count). The van der Waals surface area contributed by atoms with Crippen LogP contribution in [0.25, 0.3) is 0 Å². The quantitative estimate of drug-likeness (QED) is 0.847. The maximum Gasteiger partial charge on any atom is 0.242 e. The molecule has 1 fully saturated rings. The van der Waals surface area contributed by atoms with Crippen molar-refractivity contribution in [2.45, 2.75) is 57.8 Å². The highest BCUT2D eigenvalue weighted by Gasteiger charge is 2.20. The molecule has 1 aliphatic carbocycles. The van der Waals surface area contributed by atoms with Crippen LogP contribution in [0, 0.1) is 0 Å². The van der Waals surface area contributed by atoms with Crippen LogP contribution in [0.5, 0.6) is 0 Å². The molecule has 5 heteroatoms. The van der Waals surface area contributed by atoms with E-state index < -0.39 is 0 Å². The van der Waals surface area contributed by atoms with Crippen molar-refractivity contribution >= 4 is 0 Å². The Kier molecular flexibility index (Phi) is 4.50. The molecule has 0 spiro atoms. The highest BCUT2D eigenvalue weighted by molar-refractivity contribution is 4.80. The fraction of sp³-hybridized carbons (Fsp3) is 0.833. The second kappa shape index (κ2) is 6.12. The van der Waals surface area contributed by atoms with Crippen LogP contribution in [0.3, 0.4) is 0 Å².